The Hall–Kier alpha value is -1.84. The third kappa shape index (κ3) is 7.62. The van der Waals surface area contributed by atoms with Gasteiger partial charge in [-0.15, -0.1) is 0 Å². The van der Waals surface area contributed by atoms with Crippen molar-refractivity contribution in [1.82, 2.24) is 5.32 Å². The van der Waals surface area contributed by atoms with Crippen LogP contribution < -0.4 is 5.32 Å². The normalized spacial score (nSPS) is 16.1. The van der Waals surface area contributed by atoms with Gasteiger partial charge >= 0.3 is 5.97 Å². The largest absolute Gasteiger partial charge is 0.462 e. The van der Waals surface area contributed by atoms with Gasteiger partial charge < -0.3 is 19.9 Å². The first-order valence-corrected chi connectivity index (χ1v) is 8.57. The Kier molecular flexibility index (Phi) is 10.6. The molecule has 0 spiro atoms. The van der Waals surface area contributed by atoms with E-state index in [1.807, 2.05) is 12.1 Å². The number of methoxy groups -OCH3 is 1. The van der Waals surface area contributed by atoms with Crippen molar-refractivity contribution in [3.8, 4) is 6.07 Å². The van der Waals surface area contributed by atoms with E-state index in [9.17, 15) is 10.1 Å². The summed E-state index contributed by atoms with van der Waals surface area (Å²) in [6.07, 6.45) is 7.56. The predicted octanol–water partition coefficient (Wildman–Crippen LogP) is 2.21. The van der Waals surface area contributed by atoms with Crippen LogP contribution in [0.4, 0.5) is 0 Å². The molecule has 0 bridgehead atoms. The first kappa shape index (κ1) is 20.2. The minimum Gasteiger partial charge on any atom is -0.462 e. The molecule has 0 aromatic heterocycles. The molecule has 0 amide bonds. The number of hydrogen-bond donors (Lipinski definition) is 2. The van der Waals surface area contributed by atoms with E-state index in [2.05, 4.69) is 5.32 Å². The van der Waals surface area contributed by atoms with Crippen LogP contribution in [0.1, 0.15) is 44.9 Å². The van der Waals surface area contributed by atoms with Crippen LogP contribution >= 0.6 is 0 Å². The van der Waals surface area contributed by atoms with Gasteiger partial charge in [-0.25, -0.2) is 4.79 Å². The highest BCUT2D eigenvalue weighted by molar-refractivity contribution is 5.94. The van der Waals surface area contributed by atoms with Crippen LogP contribution in [0.15, 0.2) is 22.9 Å². The standard InChI is InChI=1S/C18H28N2O4/c1-23-11-6-9-20-16-8-5-7-15(13-16)17(14-19)18(22)24-12-4-2-3-10-21/h13,20-21H,2-12H2,1H3/b17-15-. The lowest BCUT2D eigenvalue weighted by Crippen LogP contribution is -2.19. The molecule has 6 nitrogen and oxygen atoms in total. The molecule has 0 aromatic rings. The van der Waals surface area contributed by atoms with Gasteiger partial charge in [0.1, 0.15) is 11.6 Å². The summed E-state index contributed by atoms with van der Waals surface area (Å²) < 4.78 is 10.2. The maximum Gasteiger partial charge on any atom is 0.349 e. The molecule has 0 aliphatic heterocycles. The zero-order chi connectivity index (χ0) is 17.6. The van der Waals surface area contributed by atoms with E-state index in [4.69, 9.17) is 14.6 Å². The Morgan fingerprint density at radius 2 is 2.12 bits per heavy atom. The molecule has 1 rings (SSSR count). The van der Waals surface area contributed by atoms with Gasteiger partial charge in [0.25, 0.3) is 0 Å². The van der Waals surface area contributed by atoms with Crippen LogP contribution in [0.3, 0.4) is 0 Å². The lowest BCUT2D eigenvalue weighted by Gasteiger charge is -2.18. The van der Waals surface area contributed by atoms with E-state index in [-0.39, 0.29) is 18.8 Å². The van der Waals surface area contributed by atoms with Gasteiger partial charge in [0.05, 0.1) is 6.61 Å². The molecule has 0 atom stereocenters. The fourth-order valence-electron chi connectivity index (χ4n) is 2.50. The van der Waals surface area contributed by atoms with Gasteiger partial charge in [0.2, 0.25) is 0 Å². The third-order valence-corrected chi connectivity index (χ3v) is 3.79. The number of nitriles is 1. The van der Waals surface area contributed by atoms with Crippen molar-refractivity contribution in [2.75, 3.05) is 33.5 Å². The summed E-state index contributed by atoms with van der Waals surface area (Å²) in [5.41, 5.74) is 1.90. The molecule has 0 unspecified atom stereocenters. The lowest BCUT2D eigenvalue weighted by molar-refractivity contribution is -0.138. The number of esters is 1. The number of ether oxygens (including phenoxy) is 2. The number of carbonyl (C=O) groups excluding carboxylic acids is 1. The van der Waals surface area contributed by atoms with Crippen LogP contribution in [0.25, 0.3) is 0 Å². The number of aliphatic hydroxyl groups excluding tert-OH is 1. The number of carbonyl (C=O) groups is 1. The average Bonchev–Trinajstić information content (AvgIpc) is 2.60. The average molecular weight is 336 g/mol. The zero-order valence-corrected chi connectivity index (χ0v) is 14.5. The molecule has 0 aromatic carbocycles. The number of nitrogens with zero attached hydrogens (tertiary/aromatic N) is 1. The second kappa shape index (κ2) is 12.6. The van der Waals surface area contributed by atoms with E-state index in [1.165, 1.54) is 0 Å². The number of nitrogens with one attached hydrogen (secondary N) is 1. The van der Waals surface area contributed by atoms with Gasteiger partial charge in [-0.2, -0.15) is 5.26 Å². The van der Waals surface area contributed by atoms with E-state index < -0.39 is 5.97 Å². The molecule has 0 saturated heterocycles. The Morgan fingerprint density at radius 1 is 1.29 bits per heavy atom. The highest BCUT2D eigenvalue weighted by Gasteiger charge is 2.18. The van der Waals surface area contributed by atoms with Crippen molar-refractivity contribution in [2.24, 2.45) is 0 Å². The van der Waals surface area contributed by atoms with Crippen LogP contribution in [0, 0.1) is 11.3 Å². The topological polar surface area (TPSA) is 91.6 Å². The fraction of sp³-hybridized carbons (Fsp3) is 0.667. The summed E-state index contributed by atoms with van der Waals surface area (Å²) in [4.78, 5) is 12.1. The summed E-state index contributed by atoms with van der Waals surface area (Å²) >= 11 is 0. The predicted molar refractivity (Wildman–Crippen MR) is 91.0 cm³/mol. The summed E-state index contributed by atoms with van der Waals surface area (Å²) in [6.45, 7) is 1.94. The fourth-order valence-corrected chi connectivity index (χ4v) is 2.50. The maximum absolute atomic E-state index is 12.1. The van der Waals surface area contributed by atoms with Crippen LogP contribution in [-0.4, -0.2) is 44.6 Å². The lowest BCUT2D eigenvalue weighted by atomic mass is 9.95. The number of hydrogen-bond acceptors (Lipinski definition) is 6. The second-order valence-corrected chi connectivity index (χ2v) is 5.73. The SMILES string of the molecule is COCCCNC1=C/C(=C(/C#N)C(=O)OCCCCCO)CCC1. The molecule has 24 heavy (non-hydrogen) atoms. The Labute approximate surface area is 144 Å². The summed E-state index contributed by atoms with van der Waals surface area (Å²) in [5.74, 6) is -0.548. The number of unbranched alkanes of at least 4 members (excludes halogenated alkanes) is 2. The molecule has 0 saturated carbocycles. The van der Waals surface area contributed by atoms with E-state index >= 15 is 0 Å². The van der Waals surface area contributed by atoms with Gasteiger partial charge in [-0.05, 0) is 56.6 Å². The first-order valence-electron chi connectivity index (χ1n) is 8.57. The summed E-state index contributed by atoms with van der Waals surface area (Å²) in [7, 11) is 1.68. The third-order valence-electron chi connectivity index (χ3n) is 3.79. The Bertz CT molecular complexity index is 492. The van der Waals surface area contributed by atoms with E-state index in [0.717, 1.165) is 43.5 Å². The van der Waals surface area contributed by atoms with Crippen molar-refractivity contribution >= 4 is 5.97 Å². The highest BCUT2D eigenvalue weighted by Crippen LogP contribution is 2.24. The number of allylic oxidation sites excluding steroid dienone is 3. The molecule has 1 aliphatic carbocycles. The van der Waals surface area contributed by atoms with Crippen molar-refractivity contribution < 1.29 is 19.4 Å². The molecule has 0 radical (unpaired) electrons. The number of aliphatic hydroxyl groups is 1. The summed E-state index contributed by atoms with van der Waals surface area (Å²) in [6, 6.07) is 1.99. The van der Waals surface area contributed by atoms with Crippen molar-refractivity contribution in [1.29, 1.82) is 5.26 Å². The van der Waals surface area contributed by atoms with Gasteiger partial charge in [-0.3, -0.25) is 0 Å². The summed E-state index contributed by atoms with van der Waals surface area (Å²) in [5, 5.41) is 21.4. The van der Waals surface area contributed by atoms with Gasteiger partial charge in [-0.1, -0.05) is 0 Å². The second-order valence-electron chi connectivity index (χ2n) is 5.73. The van der Waals surface area contributed by atoms with Crippen LogP contribution in [0.2, 0.25) is 0 Å². The molecule has 6 heteroatoms. The quantitative estimate of drug-likeness (QED) is 0.260. The minimum absolute atomic E-state index is 0.105. The monoisotopic (exact) mass is 336 g/mol. The van der Waals surface area contributed by atoms with Crippen molar-refractivity contribution in [3.63, 3.8) is 0 Å². The van der Waals surface area contributed by atoms with Crippen LogP contribution in [-0.2, 0) is 14.3 Å². The Morgan fingerprint density at radius 3 is 2.83 bits per heavy atom. The molecule has 2 N–H and O–H groups in total. The highest BCUT2D eigenvalue weighted by atomic mass is 16.5. The zero-order valence-electron chi connectivity index (χ0n) is 14.5. The molecule has 1 aliphatic rings. The first-order chi connectivity index (χ1) is 11.7. The van der Waals surface area contributed by atoms with E-state index in [0.29, 0.717) is 25.9 Å². The molecule has 134 valence electrons. The molecule has 0 fully saturated rings. The minimum atomic E-state index is -0.548. The van der Waals surface area contributed by atoms with Gasteiger partial charge in [0.15, 0.2) is 0 Å². The maximum atomic E-state index is 12.1. The van der Waals surface area contributed by atoms with Gasteiger partial charge in [0, 0.05) is 32.6 Å². The number of rotatable bonds is 11. The van der Waals surface area contributed by atoms with Crippen molar-refractivity contribution in [3.05, 3.63) is 22.9 Å². The molecule has 0 heterocycles. The molecular weight excluding hydrogens is 308 g/mol. The Balaban J connectivity index is 2.58. The van der Waals surface area contributed by atoms with Crippen LogP contribution in [0.5, 0.6) is 0 Å². The smallest absolute Gasteiger partial charge is 0.349 e. The van der Waals surface area contributed by atoms with Crippen molar-refractivity contribution in [2.45, 2.75) is 44.9 Å². The molecular formula is C18H28N2O4. The van der Waals surface area contributed by atoms with E-state index in [1.54, 1.807) is 7.11 Å².